The minimum Gasteiger partial charge on any atom is -0.485 e. The van der Waals surface area contributed by atoms with Gasteiger partial charge in [0.15, 0.2) is 10.6 Å². The number of hydrogen-bond donors (Lipinski definition) is 1. The first-order valence-electron chi connectivity index (χ1n) is 6.47. The van der Waals surface area contributed by atoms with Crippen LogP contribution in [0.15, 0.2) is 24.3 Å². The summed E-state index contributed by atoms with van der Waals surface area (Å²) in [7, 11) is 0. The monoisotopic (exact) mass is 277 g/mol. The summed E-state index contributed by atoms with van der Waals surface area (Å²) >= 11 is 5.26. The van der Waals surface area contributed by atoms with E-state index in [4.69, 9.17) is 17.0 Å². The van der Waals surface area contributed by atoms with Crippen molar-refractivity contribution in [1.29, 1.82) is 0 Å². The van der Waals surface area contributed by atoms with E-state index in [1.165, 1.54) is 0 Å². The fourth-order valence-electron chi connectivity index (χ4n) is 1.94. The number of aromatic amines is 1. The Morgan fingerprint density at radius 1 is 1.42 bits per heavy atom. The molecule has 1 aromatic heterocycles. The summed E-state index contributed by atoms with van der Waals surface area (Å²) in [5.74, 6) is 1.72. The van der Waals surface area contributed by atoms with Gasteiger partial charge in [-0.25, -0.2) is 0 Å². The lowest BCUT2D eigenvalue weighted by atomic mass is 10.2. The second-order valence-corrected chi connectivity index (χ2v) is 5.01. The number of rotatable bonds is 5. The third kappa shape index (κ3) is 3.04. The van der Waals surface area contributed by atoms with Crippen LogP contribution in [0, 0.1) is 11.7 Å². The first kappa shape index (κ1) is 13.8. The first-order valence-corrected chi connectivity index (χ1v) is 6.88. The highest BCUT2D eigenvalue weighted by atomic mass is 32.1. The molecule has 1 atom stereocenters. The lowest BCUT2D eigenvalue weighted by molar-refractivity contribution is 0.282. The Morgan fingerprint density at radius 3 is 2.84 bits per heavy atom. The molecule has 0 aliphatic rings. The average Bonchev–Trinajstić information content (AvgIpc) is 2.78. The van der Waals surface area contributed by atoms with Gasteiger partial charge in [-0.1, -0.05) is 25.1 Å². The van der Waals surface area contributed by atoms with E-state index in [-0.39, 0.29) is 0 Å². The summed E-state index contributed by atoms with van der Waals surface area (Å²) in [6.45, 7) is 6.71. The Bertz CT molecular complexity index is 603. The first-order chi connectivity index (χ1) is 9.13. The van der Waals surface area contributed by atoms with Crippen LogP contribution < -0.4 is 4.74 Å². The second-order valence-electron chi connectivity index (χ2n) is 4.63. The summed E-state index contributed by atoms with van der Waals surface area (Å²) in [6, 6.07) is 8.28. The van der Waals surface area contributed by atoms with E-state index in [9.17, 15) is 0 Å². The van der Waals surface area contributed by atoms with Gasteiger partial charge in [0.25, 0.3) is 0 Å². The summed E-state index contributed by atoms with van der Waals surface area (Å²) < 4.78 is 8.49. The van der Waals surface area contributed by atoms with Crippen LogP contribution in [0.25, 0.3) is 0 Å². The maximum atomic E-state index is 5.82. The highest BCUT2D eigenvalue weighted by Gasteiger charge is 2.12. The Kier molecular flexibility index (Phi) is 4.37. The van der Waals surface area contributed by atoms with Crippen LogP contribution >= 0.6 is 12.2 Å². The molecule has 2 rings (SSSR count). The van der Waals surface area contributed by atoms with Crippen molar-refractivity contribution >= 4 is 12.2 Å². The SMILES string of the molecule is CC[C@H](C)n1c(COc2ccccc2C)n[nH]c1=S. The van der Waals surface area contributed by atoms with E-state index >= 15 is 0 Å². The summed E-state index contributed by atoms with van der Waals surface area (Å²) in [5, 5.41) is 7.09. The van der Waals surface area contributed by atoms with Crippen LogP contribution in [0.3, 0.4) is 0 Å². The molecular formula is C14H19N3OS. The molecule has 0 aliphatic carbocycles. The van der Waals surface area contributed by atoms with Gasteiger partial charge in [-0.05, 0) is 44.1 Å². The van der Waals surface area contributed by atoms with Crippen LogP contribution in [0.4, 0.5) is 0 Å². The van der Waals surface area contributed by atoms with E-state index in [1.807, 2.05) is 35.8 Å². The third-order valence-corrected chi connectivity index (χ3v) is 3.55. The topological polar surface area (TPSA) is 42.8 Å². The number of nitrogens with one attached hydrogen (secondary N) is 1. The molecule has 0 fully saturated rings. The Hall–Kier alpha value is -1.62. The van der Waals surface area contributed by atoms with Gasteiger partial charge >= 0.3 is 0 Å². The quantitative estimate of drug-likeness (QED) is 0.845. The number of H-pyrrole nitrogens is 1. The molecule has 0 saturated heterocycles. The molecule has 0 bridgehead atoms. The molecule has 0 radical (unpaired) electrons. The van der Waals surface area contributed by atoms with Crippen LogP contribution in [-0.2, 0) is 6.61 Å². The van der Waals surface area contributed by atoms with Crippen molar-refractivity contribution in [2.45, 2.75) is 39.8 Å². The Balaban J connectivity index is 2.17. The molecule has 0 amide bonds. The molecule has 1 aromatic carbocycles. The second kappa shape index (κ2) is 6.02. The Morgan fingerprint density at radius 2 is 2.16 bits per heavy atom. The number of aromatic nitrogens is 3. The van der Waals surface area contributed by atoms with Crippen LogP contribution in [0.5, 0.6) is 5.75 Å². The molecule has 102 valence electrons. The number of aryl methyl sites for hydroxylation is 1. The van der Waals surface area contributed by atoms with E-state index in [0.29, 0.717) is 17.4 Å². The maximum absolute atomic E-state index is 5.82. The predicted molar refractivity (Wildman–Crippen MR) is 77.9 cm³/mol. The molecule has 0 spiro atoms. The molecule has 0 unspecified atom stereocenters. The normalized spacial score (nSPS) is 12.4. The molecule has 1 N–H and O–H groups in total. The van der Waals surface area contributed by atoms with Crippen molar-refractivity contribution in [1.82, 2.24) is 14.8 Å². The number of benzene rings is 1. The smallest absolute Gasteiger partial charge is 0.195 e. The number of para-hydroxylation sites is 1. The van der Waals surface area contributed by atoms with Gasteiger partial charge in [-0.15, -0.1) is 0 Å². The van der Waals surface area contributed by atoms with E-state index in [2.05, 4.69) is 24.0 Å². The molecular weight excluding hydrogens is 258 g/mol. The van der Waals surface area contributed by atoms with Gasteiger partial charge in [0.1, 0.15) is 12.4 Å². The highest BCUT2D eigenvalue weighted by Crippen LogP contribution is 2.19. The fraction of sp³-hybridized carbons (Fsp3) is 0.429. The van der Waals surface area contributed by atoms with E-state index < -0.39 is 0 Å². The van der Waals surface area contributed by atoms with Crippen molar-refractivity contribution in [2.24, 2.45) is 0 Å². The van der Waals surface area contributed by atoms with Gasteiger partial charge in [0.2, 0.25) is 0 Å². The lowest BCUT2D eigenvalue weighted by Crippen LogP contribution is -2.11. The van der Waals surface area contributed by atoms with Crippen LogP contribution in [-0.4, -0.2) is 14.8 Å². The van der Waals surface area contributed by atoms with Gasteiger partial charge in [-0.3, -0.25) is 9.67 Å². The summed E-state index contributed by atoms with van der Waals surface area (Å²) in [6.07, 6.45) is 1.01. The predicted octanol–water partition coefficient (Wildman–Crippen LogP) is 3.80. The minimum atomic E-state index is 0.321. The fourth-order valence-corrected chi connectivity index (χ4v) is 2.27. The van der Waals surface area contributed by atoms with Crippen molar-refractivity contribution in [3.63, 3.8) is 0 Å². The standard InChI is InChI=1S/C14H19N3OS/c1-4-11(3)17-13(15-16-14(17)19)9-18-12-8-6-5-7-10(12)2/h5-8,11H,4,9H2,1-3H3,(H,16,19)/t11-/m0/s1. The van der Waals surface area contributed by atoms with Crippen molar-refractivity contribution < 1.29 is 4.74 Å². The molecule has 0 saturated carbocycles. The molecule has 0 aliphatic heterocycles. The summed E-state index contributed by atoms with van der Waals surface area (Å²) in [5.41, 5.74) is 1.12. The zero-order chi connectivity index (χ0) is 13.8. The molecule has 1 heterocycles. The van der Waals surface area contributed by atoms with Crippen molar-refractivity contribution in [2.75, 3.05) is 0 Å². The summed E-state index contributed by atoms with van der Waals surface area (Å²) in [4.78, 5) is 0. The zero-order valence-corrected chi connectivity index (χ0v) is 12.3. The number of ether oxygens (including phenoxy) is 1. The van der Waals surface area contributed by atoms with Crippen LogP contribution in [0.1, 0.15) is 37.7 Å². The zero-order valence-electron chi connectivity index (χ0n) is 11.5. The molecule has 5 heteroatoms. The number of nitrogens with zero attached hydrogens (tertiary/aromatic N) is 2. The maximum Gasteiger partial charge on any atom is 0.195 e. The van der Waals surface area contributed by atoms with Gasteiger partial charge in [-0.2, -0.15) is 5.10 Å². The largest absolute Gasteiger partial charge is 0.485 e. The lowest BCUT2D eigenvalue weighted by Gasteiger charge is -2.14. The van der Waals surface area contributed by atoms with E-state index in [1.54, 1.807) is 0 Å². The molecule has 2 aromatic rings. The number of hydrogen-bond acceptors (Lipinski definition) is 3. The van der Waals surface area contributed by atoms with E-state index in [0.717, 1.165) is 23.6 Å². The minimum absolute atomic E-state index is 0.321. The van der Waals surface area contributed by atoms with Crippen LogP contribution in [0.2, 0.25) is 0 Å². The third-order valence-electron chi connectivity index (χ3n) is 3.26. The van der Waals surface area contributed by atoms with Crippen molar-refractivity contribution in [3.8, 4) is 5.75 Å². The molecule has 4 nitrogen and oxygen atoms in total. The average molecular weight is 277 g/mol. The highest BCUT2D eigenvalue weighted by molar-refractivity contribution is 7.71. The van der Waals surface area contributed by atoms with Gasteiger partial charge < -0.3 is 4.74 Å². The van der Waals surface area contributed by atoms with Crippen molar-refractivity contribution in [3.05, 3.63) is 40.4 Å². The van der Waals surface area contributed by atoms with Gasteiger partial charge in [0, 0.05) is 6.04 Å². The Labute approximate surface area is 118 Å². The molecule has 19 heavy (non-hydrogen) atoms. The van der Waals surface area contributed by atoms with Gasteiger partial charge in [0.05, 0.1) is 0 Å².